The number of hydrogen-bond donors (Lipinski definition) is 2. The molecule has 0 radical (unpaired) electrons. The fraction of sp³-hybridized carbons (Fsp3) is 0.800. The number of nitrogens with one attached hydrogen (secondary N) is 2. The fourth-order valence-electron chi connectivity index (χ4n) is 3.71. The van der Waals surface area contributed by atoms with Gasteiger partial charge in [-0.2, -0.15) is 0 Å². The number of hydrogen-bond acceptors (Lipinski definition) is 2. The van der Waals surface area contributed by atoms with Crippen LogP contribution in [0.1, 0.15) is 78.6 Å². The third-order valence-electron chi connectivity index (χ3n) is 5.10. The minimum atomic E-state index is -0.181. The number of carbonyl (C=O) groups excluding carboxylic acids is 2. The van der Waals surface area contributed by atoms with Crippen molar-refractivity contribution in [3.8, 4) is 0 Å². The van der Waals surface area contributed by atoms with Gasteiger partial charge in [-0.3, -0.25) is 9.59 Å². The van der Waals surface area contributed by atoms with Crippen molar-refractivity contribution in [2.24, 2.45) is 11.8 Å². The Morgan fingerprint density at radius 1 is 1.04 bits per heavy atom. The van der Waals surface area contributed by atoms with E-state index in [0.717, 1.165) is 38.6 Å². The van der Waals surface area contributed by atoms with E-state index in [2.05, 4.69) is 16.7 Å². The minimum Gasteiger partial charge on any atom is -0.356 e. The summed E-state index contributed by atoms with van der Waals surface area (Å²) in [4.78, 5) is 24.5. The number of carbonyl (C=O) groups is 2. The zero-order chi connectivity index (χ0) is 17.6. The highest BCUT2D eigenvalue weighted by molar-refractivity contribution is 5.81. The summed E-state index contributed by atoms with van der Waals surface area (Å²) in [6.07, 6.45) is 11.6. The van der Waals surface area contributed by atoms with E-state index in [4.69, 9.17) is 0 Å². The zero-order valence-electron chi connectivity index (χ0n) is 15.6. The molecule has 4 nitrogen and oxygen atoms in total. The van der Waals surface area contributed by atoms with Gasteiger partial charge in [-0.25, -0.2) is 0 Å². The van der Waals surface area contributed by atoms with Crippen LogP contribution in [0.2, 0.25) is 0 Å². The number of amides is 2. The second-order valence-corrected chi connectivity index (χ2v) is 8.44. The Hall–Kier alpha value is -1.32. The van der Waals surface area contributed by atoms with Gasteiger partial charge in [0.25, 0.3) is 0 Å². The van der Waals surface area contributed by atoms with Gasteiger partial charge in [-0.1, -0.05) is 11.6 Å². The normalized spacial score (nSPS) is 24.9. The summed E-state index contributed by atoms with van der Waals surface area (Å²) in [7, 11) is 0. The summed E-state index contributed by atoms with van der Waals surface area (Å²) < 4.78 is 0. The van der Waals surface area contributed by atoms with Crippen LogP contribution in [0, 0.1) is 11.8 Å². The first-order valence-electron chi connectivity index (χ1n) is 9.63. The van der Waals surface area contributed by atoms with Crippen LogP contribution in [-0.2, 0) is 9.59 Å². The Bertz CT molecular complexity index is 469. The molecule has 0 spiro atoms. The van der Waals surface area contributed by atoms with Crippen LogP contribution < -0.4 is 10.6 Å². The molecule has 0 aromatic carbocycles. The predicted octanol–water partition coefficient (Wildman–Crippen LogP) is 3.71. The van der Waals surface area contributed by atoms with Crippen molar-refractivity contribution >= 4 is 11.8 Å². The first-order valence-corrected chi connectivity index (χ1v) is 9.63. The van der Waals surface area contributed by atoms with Crippen molar-refractivity contribution in [1.82, 2.24) is 10.6 Å². The first-order chi connectivity index (χ1) is 11.3. The summed E-state index contributed by atoms with van der Waals surface area (Å²) in [5.74, 6) is 0.483. The lowest BCUT2D eigenvalue weighted by atomic mass is 9.81. The predicted molar refractivity (Wildman–Crippen MR) is 97.5 cm³/mol. The molecule has 2 amide bonds. The lowest BCUT2D eigenvalue weighted by Crippen LogP contribution is -2.45. The van der Waals surface area contributed by atoms with E-state index in [1.54, 1.807) is 0 Å². The molecular weight excluding hydrogens is 300 g/mol. The molecule has 0 aromatic heterocycles. The molecule has 0 saturated heterocycles. The van der Waals surface area contributed by atoms with E-state index >= 15 is 0 Å². The number of rotatable bonds is 5. The molecule has 0 bridgehead atoms. The van der Waals surface area contributed by atoms with Gasteiger partial charge in [0.15, 0.2) is 0 Å². The van der Waals surface area contributed by atoms with Crippen molar-refractivity contribution in [2.45, 2.75) is 84.1 Å². The summed E-state index contributed by atoms with van der Waals surface area (Å²) in [6, 6.07) is 0. The second kappa shape index (κ2) is 8.68. The van der Waals surface area contributed by atoms with Gasteiger partial charge >= 0.3 is 0 Å². The molecule has 0 aliphatic heterocycles. The highest BCUT2D eigenvalue weighted by atomic mass is 16.2. The van der Waals surface area contributed by atoms with Gasteiger partial charge in [0.1, 0.15) is 0 Å². The van der Waals surface area contributed by atoms with Crippen molar-refractivity contribution in [3.63, 3.8) is 0 Å². The minimum absolute atomic E-state index is 0.0701. The van der Waals surface area contributed by atoms with Crippen molar-refractivity contribution in [3.05, 3.63) is 11.6 Å². The molecule has 2 rings (SSSR count). The van der Waals surface area contributed by atoms with Crippen molar-refractivity contribution in [2.75, 3.05) is 6.54 Å². The summed E-state index contributed by atoms with van der Waals surface area (Å²) >= 11 is 0. The molecule has 2 aliphatic rings. The van der Waals surface area contributed by atoms with Gasteiger partial charge < -0.3 is 10.6 Å². The lowest BCUT2D eigenvalue weighted by molar-refractivity contribution is -0.131. The molecule has 24 heavy (non-hydrogen) atoms. The second-order valence-electron chi connectivity index (χ2n) is 8.44. The monoisotopic (exact) mass is 334 g/mol. The molecule has 0 aromatic rings. The molecular formula is C20H34N2O2. The molecule has 2 aliphatic carbocycles. The van der Waals surface area contributed by atoms with E-state index in [9.17, 15) is 9.59 Å². The third-order valence-corrected chi connectivity index (χ3v) is 5.10. The number of allylic oxidation sites excluding steroid dienone is 1. The van der Waals surface area contributed by atoms with Gasteiger partial charge in [0, 0.05) is 23.9 Å². The molecule has 0 unspecified atom stereocenters. The Labute approximate surface area is 146 Å². The Balaban J connectivity index is 1.67. The maximum atomic E-state index is 12.3. The molecule has 4 heteroatoms. The standard InChI is InChI=1S/C20H34N2O2/c1-20(2,3)22-19(24)17-11-9-16(10-12-17)18(23)21-14-13-15-7-5-4-6-8-15/h7,16-17H,4-6,8-14H2,1-3H3,(H,21,23)(H,22,24). The van der Waals surface area contributed by atoms with E-state index in [1.807, 2.05) is 20.8 Å². The van der Waals surface area contributed by atoms with Crippen LogP contribution in [0.5, 0.6) is 0 Å². The van der Waals surface area contributed by atoms with Crippen molar-refractivity contribution < 1.29 is 9.59 Å². The summed E-state index contributed by atoms with van der Waals surface area (Å²) in [5.41, 5.74) is 1.32. The zero-order valence-corrected chi connectivity index (χ0v) is 15.6. The van der Waals surface area contributed by atoms with E-state index in [0.29, 0.717) is 0 Å². The van der Waals surface area contributed by atoms with Gasteiger partial charge in [0.05, 0.1) is 0 Å². The Morgan fingerprint density at radius 2 is 1.67 bits per heavy atom. The maximum absolute atomic E-state index is 12.3. The first kappa shape index (κ1) is 19.0. The van der Waals surface area contributed by atoms with Crippen LogP contribution in [-0.4, -0.2) is 23.9 Å². The quantitative estimate of drug-likeness (QED) is 0.753. The van der Waals surface area contributed by atoms with Crippen molar-refractivity contribution in [1.29, 1.82) is 0 Å². The van der Waals surface area contributed by atoms with Crippen LogP contribution in [0.25, 0.3) is 0 Å². The average molecular weight is 335 g/mol. The molecule has 0 heterocycles. The van der Waals surface area contributed by atoms with Gasteiger partial charge in [0.2, 0.25) is 11.8 Å². The van der Waals surface area contributed by atoms with Crippen LogP contribution in [0.3, 0.4) is 0 Å². The van der Waals surface area contributed by atoms with Crippen LogP contribution in [0.15, 0.2) is 11.6 Å². The highest BCUT2D eigenvalue weighted by Crippen LogP contribution is 2.29. The molecule has 2 N–H and O–H groups in total. The largest absolute Gasteiger partial charge is 0.356 e. The lowest BCUT2D eigenvalue weighted by Gasteiger charge is -2.30. The third kappa shape index (κ3) is 6.29. The van der Waals surface area contributed by atoms with E-state index < -0.39 is 0 Å². The molecule has 1 saturated carbocycles. The average Bonchev–Trinajstić information content (AvgIpc) is 2.54. The topological polar surface area (TPSA) is 58.2 Å². The molecule has 0 atom stereocenters. The molecule has 136 valence electrons. The summed E-state index contributed by atoms with van der Waals surface area (Å²) in [5, 5.41) is 6.16. The van der Waals surface area contributed by atoms with Gasteiger partial charge in [-0.05, 0) is 78.6 Å². The molecule has 1 fully saturated rings. The van der Waals surface area contributed by atoms with E-state index in [-0.39, 0.29) is 29.2 Å². The summed E-state index contributed by atoms with van der Waals surface area (Å²) in [6.45, 7) is 6.78. The SMILES string of the molecule is CC(C)(C)NC(=O)C1CCC(C(=O)NCCC2=CCCCC2)CC1. The van der Waals surface area contributed by atoms with Crippen LogP contribution in [0.4, 0.5) is 0 Å². The highest BCUT2D eigenvalue weighted by Gasteiger charge is 2.31. The Kier molecular flexibility index (Phi) is 6.88. The smallest absolute Gasteiger partial charge is 0.223 e. The van der Waals surface area contributed by atoms with Crippen LogP contribution >= 0.6 is 0 Å². The van der Waals surface area contributed by atoms with Gasteiger partial charge in [-0.15, -0.1) is 0 Å². The maximum Gasteiger partial charge on any atom is 0.223 e. The fourth-order valence-corrected chi connectivity index (χ4v) is 3.71. The Morgan fingerprint density at radius 3 is 2.21 bits per heavy atom. The van der Waals surface area contributed by atoms with E-state index in [1.165, 1.54) is 31.3 Å².